The molecule has 2 aromatic heterocycles. The largest absolute Gasteiger partial charge is 0.371 e. The van der Waals surface area contributed by atoms with Gasteiger partial charge in [-0.1, -0.05) is 5.16 Å². The Morgan fingerprint density at radius 3 is 2.81 bits per heavy atom. The summed E-state index contributed by atoms with van der Waals surface area (Å²) in [6, 6.07) is 3.05. The lowest BCUT2D eigenvalue weighted by Gasteiger charge is -2.32. The second kappa shape index (κ2) is 7.81. The predicted octanol–water partition coefficient (Wildman–Crippen LogP) is 1.24. The van der Waals surface area contributed by atoms with Crippen molar-refractivity contribution >= 4 is 15.7 Å². The van der Waals surface area contributed by atoms with Gasteiger partial charge in [-0.15, -0.1) is 0 Å². The molecule has 0 bridgehead atoms. The molecule has 1 saturated heterocycles. The third kappa shape index (κ3) is 4.38. The highest BCUT2D eigenvalue weighted by atomic mass is 32.2. The van der Waals surface area contributed by atoms with E-state index in [4.69, 9.17) is 4.52 Å². The highest BCUT2D eigenvalue weighted by Crippen LogP contribution is 2.23. The molecule has 27 heavy (non-hydrogen) atoms. The summed E-state index contributed by atoms with van der Waals surface area (Å²) in [6.45, 7) is 4.72. The minimum Gasteiger partial charge on any atom is -0.371 e. The van der Waals surface area contributed by atoms with Crippen molar-refractivity contribution in [2.75, 3.05) is 25.0 Å². The Morgan fingerprint density at radius 1 is 1.41 bits per heavy atom. The molecule has 1 fully saturated rings. The van der Waals surface area contributed by atoms with Gasteiger partial charge in [0.05, 0.1) is 23.6 Å². The first-order chi connectivity index (χ1) is 12.8. The highest BCUT2D eigenvalue weighted by molar-refractivity contribution is 7.88. The zero-order valence-corrected chi connectivity index (χ0v) is 16.6. The Labute approximate surface area is 158 Å². The van der Waals surface area contributed by atoms with Gasteiger partial charge < -0.3 is 9.42 Å². The van der Waals surface area contributed by atoms with Crippen LogP contribution in [0.25, 0.3) is 0 Å². The van der Waals surface area contributed by atoms with Crippen LogP contribution in [-0.4, -0.2) is 53.8 Å². The molecule has 0 saturated carbocycles. The lowest BCUT2D eigenvalue weighted by atomic mass is 10.1. The highest BCUT2D eigenvalue weighted by Gasteiger charge is 2.31. The van der Waals surface area contributed by atoms with Crippen LogP contribution in [0.2, 0.25) is 0 Å². The lowest BCUT2D eigenvalue weighted by molar-refractivity contribution is 0.247. The Bertz CT molecular complexity index is 923. The average Bonchev–Trinajstić information content (AvgIpc) is 3.13. The Morgan fingerprint density at radius 2 is 2.19 bits per heavy atom. The van der Waals surface area contributed by atoms with Gasteiger partial charge in [0.1, 0.15) is 12.0 Å². The smallest absolute Gasteiger partial charge is 0.269 e. The molecule has 148 valence electrons. The zero-order chi connectivity index (χ0) is 19.6. The minimum atomic E-state index is -3.53. The number of anilines is 1. The van der Waals surface area contributed by atoms with E-state index < -0.39 is 10.0 Å². The van der Waals surface area contributed by atoms with E-state index in [1.165, 1.54) is 21.3 Å². The van der Waals surface area contributed by atoms with E-state index in [0.717, 1.165) is 5.69 Å². The fraction of sp³-hybridized carbons (Fsp3) is 0.588. The number of rotatable bonds is 6. The number of sulfonamides is 1. The van der Waals surface area contributed by atoms with E-state index in [1.807, 2.05) is 25.8 Å². The average molecular weight is 395 g/mol. The van der Waals surface area contributed by atoms with Crippen LogP contribution in [-0.2, 0) is 15.8 Å². The summed E-state index contributed by atoms with van der Waals surface area (Å²) in [7, 11) is -1.63. The summed E-state index contributed by atoms with van der Waals surface area (Å²) < 4.78 is 32.8. The maximum atomic E-state index is 12.7. The summed E-state index contributed by atoms with van der Waals surface area (Å²) in [5.74, 6) is -0.212. The number of aromatic nitrogens is 3. The monoisotopic (exact) mass is 395 g/mol. The molecule has 10 heteroatoms. The van der Waals surface area contributed by atoms with Gasteiger partial charge in [0.25, 0.3) is 5.56 Å². The van der Waals surface area contributed by atoms with Crippen molar-refractivity contribution in [1.29, 1.82) is 0 Å². The molecule has 0 unspecified atom stereocenters. The summed E-state index contributed by atoms with van der Waals surface area (Å²) in [5, 5.41) is 7.99. The Hall–Kier alpha value is -2.20. The number of hydrogen-bond donors (Lipinski definition) is 0. The summed E-state index contributed by atoms with van der Waals surface area (Å²) in [6.07, 6.45) is 4.39. The molecule has 3 heterocycles. The molecule has 1 aliphatic rings. The van der Waals surface area contributed by atoms with Gasteiger partial charge in [-0.25, -0.2) is 13.1 Å². The van der Waals surface area contributed by atoms with E-state index in [0.29, 0.717) is 25.1 Å². The summed E-state index contributed by atoms with van der Waals surface area (Å²) in [4.78, 5) is 14.5. The minimum absolute atomic E-state index is 0.212. The van der Waals surface area contributed by atoms with Crippen molar-refractivity contribution in [3.05, 3.63) is 40.6 Å². The van der Waals surface area contributed by atoms with Gasteiger partial charge in [0, 0.05) is 38.3 Å². The number of nitrogens with zero attached hydrogens (tertiary/aromatic N) is 5. The van der Waals surface area contributed by atoms with Crippen LogP contribution in [0.5, 0.6) is 0 Å². The van der Waals surface area contributed by atoms with Crippen molar-refractivity contribution in [3.8, 4) is 0 Å². The van der Waals surface area contributed by atoms with Crippen LogP contribution in [0.1, 0.15) is 38.4 Å². The van der Waals surface area contributed by atoms with Crippen LogP contribution < -0.4 is 10.5 Å². The molecule has 0 aromatic carbocycles. The molecule has 3 rings (SSSR count). The third-order valence-electron chi connectivity index (χ3n) is 4.91. The van der Waals surface area contributed by atoms with E-state index in [2.05, 4.69) is 10.3 Å². The first kappa shape index (κ1) is 19.6. The van der Waals surface area contributed by atoms with Crippen LogP contribution >= 0.6 is 0 Å². The van der Waals surface area contributed by atoms with Crippen LogP contribution in [0.15, 0.2) is 33.9 Å². The van der Waals surface area contributed by atoms with E-state index in [-0.39, 0.29) is 29.9 Å². The molecule has 0 amide bonds. The van der Waals surface area contributed by atoms with Crippen molar-refractivity contribution in [1.82, 2.24) is 19.2 Å². The standard InChI is InChI=1S/C17H25N5O4S/c1-13(2)20(3)16-9-17(23)22(18-10-16)15-5-4-7-21(11-15)27(24,25)12-14-6-8-26-19-14/h6,8-10,13,15H,4-5,7,11-12H2,1-3H3/t15-/m0/s1. The van der Waals surface area contributed by atoms with Crippen LogP contribution in [0.3, 0.4) is 0 Å². The molecular weight excluding hydrogens is 370 g/mol. The topological polar surface area (TPSA) is 102 Å². The molecule has 0 N–H and O–H groups in total. The first-order valence-corrected chi connectivity index (χ1v) is 10.6. The molecule has 2 aromatic rings. The maximum absolute atomic E-state index is 12.7. The SMILES string of the molecule is CC(C)N(C)c1cnn([C@H]2CCCN(S(=O)(=O)Cc3ccon3)C2)c(=O)c1. The van der Waals surface area contributed by atoms with Crippen molar-refractivity contribution in [3.63, 3.8) is 0 Å². The van der Waals surface area contributed by atoms with Crippen molar-refractivity contribution in [2.24, 2.45) is 0 Å². The Kier molecular flexibility index (Phi) is 5.66. The predicted molar refractivity (Wildman–Crippen MR) is 101 cm³/mol. The normalized spacial score (nSPS) is 18.7. The molecule has 0 radical (unpaired) electrons. The molecule has 0 aliphatic carbocycles. The molecule has 1 atom stereocenters. The van der Waals surface area contributed by atoms with E-state index in [1.54, 1.807) is 12.3 Å². The van der Waals surface area contributed by atoms with Gasteiger partial charge in [0.2, 0.25) is 10.0 Å². The second-order valence-corrected chi connectivity index (χ2v) is 9.07. The quantitative estimate of drug-likeness (QED) is 0.725. The van der Waals surface area contributed by atoms with Gasteiger partial charge >= 0.3 is 0 Å². The first-order valence-electron chi connectivity index (χ1n) is 8.96. The Balaban J connectivity index is 1.77. The van der Waals surface area contributed by atoms with Gasteiger partial charge in [-0.3, -0.25) is 4.79 Å². The van der Waals surface area contributed by atoms with Gasteiger partial charge in [-0.2, -0.15) is 9.40 Å². The molecule has 0 spiro atoms. The van der Waals surface area contributed by atoms with Crippen LogP contribution in [0.4, 0.5) is 5.69 Å². The maximum Gasteiger partial charge on any atom is 0.269 e. The van der Waals surface area contributed by atoms with Crippen molar-refractivity contribution in [2.45, 2.75) is 44.5 Å². The van der Waals surface area contributed by atoms with Gasteiger partial charge in [0.15, 0.2) is 0 Å². The summed E-state index contributed by atoms with van der Waals surface area (Å²) >= 11 is 0. The molecule has 9 nitrogen and oxygen atoms in total. The zero-order valence-electron chi connectivity index (χ0n) is 15.8. The lowest BCUT2D eigenvalue weighted by Crippen LogP contribution is -2.44. The van der Waals surface area contributed by atoms with Crippen LogP contribution in [0, 0.1) is 0 Å². The fourth-order valence-electron chi connectivity index (χ4n) is 3.14. The third-order valence-corrected chi connectivity index (χ3v) is 6.69. The number of hydrogen-bond acceptors (Lipinski definition) is 7. The van der Waals surface area contributed by atoms with E-state index in [9.17, 15) is 13.2 Å². The van der Waals surface area contributed by atoms with Gasteiger partial charge in [-0.05, 0) is 26.7 Å². The number of piperidine rings is 1. The van der Waals surface area contributed by atoms with Crippen molar-refractivity contribution < 1.29 is 12.9 Å². The second-order valence-electron chi connectivity index (χ2n) is 7.10. The fourth-order valence-corrected chi connectivity index (χ4v) is 4.65. The molecule has 1 aliphatic heterocycles. The molecular formula is C17H25N5O4S. The summed E-state index contributed by atoms with van der Waals surface area (Å²) in [5.41, 5.74) is 0.895. The van der Waals surface area contributed by atoms with E-state index >= 15 is 0 Å².